The van der Waals surface area contributed by atoms with Gasteiger partial charge in [-0.1, -0.05) is 40.2 Å². The fourth-order valence-corrected chi connectivity index (χ4v) is 2.98. The number of nitrogens with zero attached hydrogens (tertiary/aromatic N) is 1. The van der Waals surface area contributed by atoms with Crippen molar-refractivity contribution < 1.29 is 9.53 Å². The van der Waals surface area contributed by atoms with Gasteiger partial charge >= 0.3 is 0 Å². The predicted octanol–water partition coefficient (Wildman–Crippen LogP) is 4.06. The molecule has 0 aromatic heterocycles. The van der Waals surface area contributed by atoms with E-state index in [4.69, 9.17) is 4.74 Å². The maximum absolute atomic E-state index is 12.3. The lowest BCUT2D eigenvalue weighted by molar-refractivity contribution is -0.125. The molecule has 0 fully saturated rings. The molecule has 3 rings (SSSR count). The monoisotopic (exact) mass is 371 g/mol. The smallest absolute Gasteiger partial charge is 0.246 e. The van der Waals surface area contributed by atoms with Gasteiger partial charge in [0.1, 0.15) is 5.75 Å². The SMILES string of the molecule is CN(Cc1ccccc1Br)C(=O)/C=C/c1ccc2c(c1)CCO2. The number of fused-ring (bicyclic) bond motifs is 1. The summed E-state index contributed by atoms with van der Waals surface area (Å²) in [5, 5.41) is 0. The number of likely N-dealkylation sites (N-methyl/N-ethyl adjacent to an activating group) is 1. The normalized spacial score (nSPS) is 13.0. The number of carbonyl (C=O) groups is 1. The maximum Gasteiger partial charge on any atom is 0.246 e. The molecule has 0 bridgehead atoms. The Bertz CT molecular complexity index is 755. The van der Waals surface area contributed by atoms with E-state index in [0.717, 1.165) is 34.4 Å². The molecular formula is C19H18BrNO2. The van der Waals surface area contributed by atoms with Crippen LogP contribution in [0.15, 0.2) is 53.0 Å². The average Bonchev–Trinajstić information content (AvgIpc) is 3.02. The number of rotatable bonds is 4. The maximum atomic E-state index is 12.3. The van der Waals surface area contributed by atoms with Crippen molar-refractivity contribution in [1.29, 1.82) is 0 Å². The molecule has 0 saturated heterocycles. The lowest BCUT2D eigenvalue weighted by atomic mass is 10.1. The van der Waals surface area contributed by atoms with Crippen molar-refractivity contribution in [3.63, 3.8) is 0 Å². The molecular weight excluding hydrogens is 354 g/mol. The van der Waals surface area contributed by atoms with Crippen LogP contribution < -0.4 is 4.74 Å². The van der Waals surface area contributed by atoms with Crippen molar-refractivity contribution >= 4 is 27.9 Å². The minimum atomic E-state index is -0.0162. The van der Waals surface area contributed by atoms with Gasteiger partial charge < -0.3 is 9.64 Å². The molecule has 118 valence electrons. The summed E-state index contributed by atoms with van der Waals surface area (Å²) < 4.78 is 6.51. The molecule has 0 spiro atoms. The second-order valence-electron chi connectivity index (χ2n) is 5.58. The molecule has 0 saturated carbocycles. The van der Waals surface area contributed by atoms with E-state index >= 15 is 0 Å². The van der Waals surface area contributed by atoms with Gasteiger partial charge in [-0.25, -0.2) is 0 Å². The molecule has 4 heteroatoms. The predicted molar refractivity (Wildman–Crippen MR) is 95.3 cm³/mol. The third-order valence-corrected chi connectivity index (χ3v) is 4.65. The number of hydrogen-bond donors (Lipinski definition) is 0. The second-order valence-corrected chi connectivity index (χ2v) is 6.44. The van der Waals surface area contributed by atoms with Crippen molar-refractivity contribution in [2.24, 2.45) is 0 Å². The number of amides is 1. The van der Waals surface area contributed by atoms with Gasteiger partial charge in [0.2, 0.25) is 5.91 Å². The van der Waals surface area contributed by atoms with Crippen molar-refractivity contribution in [2.75, 3.05) is 13.7 Å². The highest BCUT2D eigenvalue weighted by Crippen LogP contribution is 2.26. The minimum Gasteiger partial charge on any atom is -0.493 e. The van der Waals surface area contributed by atoms with Crippen LogP contribution in [0.4, 0.5) is 0 Å². The zero-order chi connectivity index (χ0) is 16.2. The summed E-state index contributed by atoms with van der Waals surface area (Å²) in [5.41, 5.74) is 3.32. The van der Waals surface area contributed by atoms with Crippen LogP contribution in [0.2, 0.25) is 0 Å². The Morgan fingerprint density at radius 2 is 2.13 bits per heavy atom. The number of halogens is 1. The highest BCUT2D eigenvalue weighted by Gasteiger charge is 2.12. The van der Waals surface area contributed by atoms with Gasteiger partial charge in [-0.05, 0) is 41.0 Å². The van der Waals surface area contributed by atoms with Crippen molar-refractivity contribution in [3.8, 4) is 5.75 Å². The largest absolute Gasteiger partial charge is 0.493 e. The molecule has 0 atom stereocenters. The molecule has 1 aliphatic heterocycles. The van der Waals surface area contributed by atoms with Crippen molar-refractivity contribution in [3.05, 3.63) is 69.7 Å². The van der Waals surface area contributed by atoms with Gasteiger partial charge in [-0.3, -0.25) is 4.79 Å². The van der Waals surface area contributed by atoms with Crippen LogP contribution in [0.1, 0.15) is 16.7 Å². The van der Waals surface area contributed by atoms with Crippen LogP contribution in [-0.4, -0.2) is 24.5 Å². The Labute approximate surface area is 144 Å². The summed E-state index contributed by atoms with van der Waals surface area (Å²) >= 11 is 3.51. The molecule has 0 unspecified atom stereocenters. The summed E-state index contributed by atoms with van der Waals surface area (Å²) in [6.07, 6.45) is 4.42. The first-order valence-electron chi connectivity index (χ1n) is 7.56. The van der Waals surface area contributed by atoms with Crippen LogP contribution in [0, 0.1) is 0 Å². The fraction of sp³-hybridized carbons (Fsp3) is 0.211. The van der Waals surface area contributed by atoms with E-state index in [9.17, 15) is 4.79 Å². The number of benzene rings is 2. The molecule has 0 radical (unpaired) electrons. The Balaban J connectivity index is 1.65. The number of hydrogen-bond acceptors (Lipinski definition) is 2. The summed E-state index contributed by atoms with van der Waals surface area (Å²) in [5.74, 6) is 0.942. The van der Waals surface area contributed by atoms with Crippen LogP contribution in [0.25, 0.3) is 6.08 Å². The zero-order valence-electron chi connectivity index (χ0n) is 13.0. The van der Waals surface area contributed by atoms with E-state index in [1.807, 2.05) is 49.5 Å². The third kappa shape index (κ3) is 3.82. The Hall–Kier alpha value is -2.07. The standard InChI is InChI=1S/C19H18BrNO2/c1-21(13-16-4-2-3-5-17(16)20)19(22)9-7-14-6-8-18-15(12-14)10-11-23-18/h2-9,12H,10-11,13H2,1H3/b9-7+. The first-order chi connectivity index (χ1) is 11.1. The van der Waals surface area contributed by atoms with E-state index < -0.39 is 0 Å². The quantitative estimate of drug-likeness (QED) is 0.758. The summed E-state index contributed by atoms with van der Waals surface area (Å²) in [4.78, 5) is 14.0. The third-order valence-electron chi connectivity index (χ3n) is 3.87. The van der Waals surface area contributed by atoms with E-state index in [0.29, 0.717) is 6.54 Å². The fourth-order valence-electron chi connectivity index (χ4n) is 2.56. The molecule has 2 aromatic carbocycles. The highest BCUT2D eigenvalue weighted by molar-refractivity contribution is 9.10. The number of carbonyl (C=O) groups excluding carboxylic acids is 1. The van der Waals surface area contributed by atoms with E-state index in [1.165, 1.54) is 5.56 Å². The summed E-state index contributed by atoms with van der Waals surface area (Å²) in [7, 11) is 1.81. The molecule has 1 heterocycles. The molecule has 23 heavy (non-hydrogen) atoms. The Morgan fingerprint density at radius 3 is 2.96 bits per heavy atom. The molecule has 1 aliphatic rings. The van der Waals surface area contributed by atoms with Gasteiger partial charge in [0.15, 0.2) is 0 Å². The molecule has 1 amide bonds. The van der Waals surface area contributed by atoms with Crippen molar-refractivity contribution in [1.82, 2.24) is 4.90 Å². The summed E-state index contributed by atoms with van der Waals surface area (Å²) in [6.45, 7) is 1.32. The number of ether oxygens (including phenoxy) is 1. The van der Waals surface area contributed by atoms with E-state index in [1.54, 1.807) is 11.0 Å². The summed E-state index contributed by atoms with van der Waals surface area (Å²) in [6, 6.07) is 14.0. The second kappa shape index (κ2) is 7.01. The molecule has 0 aliphatic carbocycles. The van der Waals surface area contributed by atoms with Gasteiger partial charge in [0, 0.05) is 30.6 Å². The minimum absolute atomic E-state index is 0.0162. The molecule has 2 aromatic rings. The van der Waals surface area contributed by atoms with Gasteiger partial charge in [-0.2, -0.15) is 0 Å². The Kier molecular flexibility index (Phi) is 4.82. The zero-order valence-corrected chi connectivity index (χ0v) is 14.5. The topological polar surface area (TPSA) is 29.5 Å². The van der Waals surface area contributed by atoms with Crippen LogP contribution in [0.5, 0.6) is 5.75 Å². The van der Waals surface area contributed by atoms with E-state index in [2.05, 4.69) is 22.0 Å². The molecule has 3 nitrogen and oxygen atoms in total. The van der Waals surface area contributed by atoms with Crippen molar-refractivity contribution in [2.45, 2.75) is 13.0 Å². The first kappa shape index (κ1) is 15.8. The lowest BCUT2D eigenvalue weighted by Crippen LogP contribution is -2.24. The Morgan fingerprint density at radius 1 is 1.30 bits per heavy atom. The lowest BCUT2D eigenvalue weighted by Gasteiger charge is -2.16. The van der Waals surface area contributed by atoms with Crippen LogP contribution in [0.3, 0.4) is 0 Å². The van der Waals surface area contributed by atoms with Gasteiger partial charge in [-0.15, -0.1) is 0 Å². The van der Waals surface area contributed by atoms with Gasteiger partial charge in [0.25, 0.3) is 0 Å². The average molecular weight is 372 g/mol. The molecule has 0 N–H and O–H groups in total. The van der Waals surface area contributed by atoms with Crippen LogP contribution >= 0.6 is 15.9 Å². The van der Waals surface area contributed by atoms with Crippen LogP contribution in [-0.2, 0) is 17.8 Å². The van der Waals surface area contributed by atoms with Gasteiger partial charge in [0.05, 0.1) is 6.61 Å². The van der Waals surface area contributed by atoms with E-state index in [-0.39, 0.29) is 5.91 Å². The highest BCUT2D eigenvalue weighted by atomic mass is 79.9. The first-order valence-corrected chi connectivity index (χ1v) is 8.35.